The molecular formula is C20H27N5O4S. The molecule has 0 aliphatic carbocycles. The molecule has 2 heterocycles. The van der Waals surface area contributed by atoms with Gasteiger partial charge >= 0.3 is 0 Å². The lowest BCUT2D eigenvalue weighted by molar-refractivity contribution is -0.115. The maximum absolute atomic E-state index is 11.9. The molecule has 1 atom stereocenters. The van der Waals surface area contributed by atoms with Crippen LogP contribution in [0.15, 0.2) is 30.3 Å². The topological polar surface area (TPSA) is 114 Å². The van der Waals surface area contributed by atoms with E-state index >= 15 is 0 Å². The highest BCUT2D eigenvalue weighted by Gasteiger charge is 2.22. The maximum atomic E-state index is 11.9. The minimum atomic E-state index is -3.25. The Bertz CT molecular complexity index is 995. The van der Waals surface area contributed by atoms with Crippen LogP contribution in [-0.2, 0) is 25.1 Å². The number of rotatable bonds is 7. The lowest BCUT2D eigenvalue weighted by Gasteiger charge is -2.34. The van der Waals surface area contributed by atoms with Crippen LogP contribution in [0.2, 0.25) is 0 Å². The third kappa shape index (κ3) is 5.97. The fraction of sp³-hybridized carbons (Fsp3) is 0.450. The Morgan fingerprint density at radius 1 is 1.27 bits per heavy atom. The van der Waals surface area contributed by atoms with E-state index in [0.29, 0.717) is 42.8 Å². The summed E-state index contributed by atoms with van der Waals surface area (Å²) in [6.07, 6.45) is 1.19. The highest BCUT2D eigenvalue weighted by Crippen LogP contribution is 2.25. The van der Waals surface area contributed by atoms with E-state index in [0.717, 1.165) is 5.56 Å². The summed E-state index contributed by atoms with van der Waals surface area (Å²) < 4.78 is 29.2. The second-order valence-corrected chi connectivity index (χ2v) is 9.52. The number of anilines is 2. The van der Waals surface area contributed by atoms with E-state index in [2.05, 4.69) is 20.5 Å². The normalized spacial score (nSPS) is 17.0. The van der Waals surface area contributed by atoms with Gasteiger partial charge in [-0.2, -0.15) is 0 Å². The summed E-state index contributed by atoms with van der Waals surface area (Å²) in [5.74, 6) is 0.825. The molecule has 0 radical (unpaired) electrons. The van der Waals surface area contributed by atoms with Crippen molar-refractivity contribution in [3.05, 3.63) is 36.0 Å². The van der Waals surface area contributed by atoms with E-state index in [4.69, 9.17) is 9.72 Å². The number of sulfone groups is 1. The van der Waals surface area contributed by atoms with Crippen molar-refractivity contribution in [2.45, 2.75) is 18.7 Å². The van der Waals surface area contributed by atoms with Crippen molar-refractivity contribution in [1.29, 1.82) is 0 Å². The van der Waals surface area contributed by atoms with Gasteiger partial charge in [0.1, 0.15) is 5.82 Å². The molecule has 9 nitrogen and oxygen atoms in total. The molecule has 1 aromatic heterocycles. The van der Waals surface area contributed by atoms with Crippen molar-refractivity contribution in [3.63, 3.8) is 0 Å². The highest BCUT2D eigenvalue weighted by atomic mass is 32.2. The summed E-state index contributed by atoms with van der Waals surface area (Å²) in [5.41, 5.74) is 1.84. The van der Waals surface area contributed by atoms with E-state index in [1.807, 2.05) is 6.92 Å². The number of hydrogen-bond donors (Lipinski definition) is 2. The second-order valence-electron chi connectivity index (χ2n) is 7.38. The quantitative estimate of drug-likeness (QED) is 0.667. The van der Waals surface area contributed by atoms with Crippen molar-refractivity contribution in [2.24, 2.45) is 0 Å². The number of likely N-dealkylation sites (N-methyl/N-ethyl adjacent to an activating group) is 1. The van der Waals surface area contributed by atoms with Crippen molar-refractivity contribution < 1.29 is 17.9 Å². The molecule has 162 valence electrons. The number of nitrogens with one attached hydrogen (secondary N) is 2. The fourth-order valence-electron chi connectivity index (χ4n) is 3.24. The Labute approximate surface area is 176 Å². The maximum Gasteiger partial charge on any atom is 0.238 e. The van der Waals surface area contributed by atoms with Gasteiger partial charge in [0, 0.05) is 30.1 Å². The van der Waals surface area contributed by atoms with E-state index in [9.17, 15) is 13.2 Å². The first-order chi connectivity index (χ1) is 14.2. The minimum absolute atomic E-state index is 0.123. The number of morpholine rings is 1. The number of carbonyl (C=O) groups excluding carboxylic acids is 1. The largest absolute Gasteiger partial charge is 0.377 e. The summed E-state index contributed by atoms with van der Waals surface area (Å²) in [6, 6.07) is 9.01. The number of benzene rings is 1. The summed E-state index contributed by atoms with van der Waals surface area (Å²) in [5, 5.41) is 5.59. The minimum Gasteiger partial charge on any atom is -0.377 e. The predicted molar refractivity (Wildman–Crippen MR) is 116 cm³/mol. The fourth-order valence-corrected chi connectivity index (χ4v) is 3.92. The Morgan fingerprint density at radius 3 is 2.63 bits per heavy atom. The average molecular weight is 434 g/mol. The molecule has 2 aromatic rings. The molecule has 1 amide bonds. The third-order valence-corrected chi connectivity index (χ3v) is 5.42. The summed E-state index contributed by atoms with van der Waals surface area (Å²) >= 11 is 0. The molecular weight excluding hydrogens is 406 g/mol. The van der Waals surface area contributed by atoms with Gasteiger partial charge in [-0.3, -0.25) is 4.79 Å². The molecule has 0 spiro atoms. The van der Waals surface area contributed by atoms with Crippen LogP contribution in [-0.4, -0.2) is 69.9 Å². The highest BCUT2D eigenvalue weighted by molar-refractivity contribution is 7.89. The Hall–Kier alpha value is -2.56. The van der Waals surface area contributed by atoms with Crippen LogP contribution in [0.25, 0.3) is 11.4 Å². The van der Waals surface area contributed by atoms with Gasteiger partial charge in [-0.1, -0.05) is 0 Å². The van der Waals surface area contributed by atoms with Crippen LogP contribution in [0.5, 0.6) is 0 Å². The summed E-state index contributed by atoms with van der Waals surface area (Å²) in [6.45, 7) is 4.11. The molecule has 0 saturated carbocycles. The van der Waals surface area contributed by atoms with Gasteiger partial charge in [0.05, 0.1) is 37.2 Å². The summed E-state index contributed by atoms with van der Waals surface area (Å²) in [4.78, 5) is 23.0. The number of hydrogen-bond acceptors (Lipinski definition) is 8. The summed E-state index contributed by atoms with van der Waals surface area (Å²) in [7, 11) is -1.54. The Kier molecular flexibility index (Phi) is 7.01. The number of aromatic nitrogens is 2. The van der Waals surface area contributed by atoms with Gasteiger partial charge in [0.2, 0.25) is 5.91 Å². The molecule has 30 heavy (non-hydrogen) atoms. The van der Waals surface area contributed by atoms with Crippen LogP contribution >= 0.6 is 0 Å². The average Bonchev–Trinajstić information content (AvgIpc) is 2.67. The Balaban J connectivity index is 1.93. The first-order valence-corrected chi connectivity index (χ1v) is 11.8. The lowest BCUT2D eigenvalue weighted by atomic mass is 10.2. The van der Waals surface area contributed by atoms with Crippen molar-refractivity contribution in [2.75, 3.05) is 49.8 Å². The van der Waals surface area contributed by atoms with Gasteiger partial charge in [-0.25, -0.2) is 18.4 Å². The van der Waals surface area contributed by atoms with Crippen LogP contribution < -0.4 is 15.5 Å². The van der Waals surface area contributed by atoms with Gasteiger partial charge in [0.15, 0.2) is 15.7 Å². The number of nitrogens with zero attached hydrogens (tertiary/aromatic N) is 3. The smallest absolute Gasteiger partial charge is 0.238 e. The van der Waals surface area contributed by atoms with E-state index < -0.39 is 9.84 Å². The molecule has 0 unspecified atom stereocenters. The van der Waals surface area contributed by atoms with Crippen molar-refractivity contribution in [1.82, 2.24) is 15.3 Å². The van der Waals surface area contributed by atoms with Crippen molar-refractivity contribution >= 4 is 27.2 Å². The first kappa shape index (κ1) is 22.1. The monoisotopic (exact) mass is 433 g/mol. The zero-order chi connectivity index (χ0) is 21.7. The molecule has 2 N–H and O–H groups in total. The van der Waals surface area contributed by atoms with Crippen LogP contribution in [0, 0.1) is 0 Å². The standard InChI is InChI=1S/C20H27N5O4S/c1-14-12-29-9-8-25(14)18-10-17(13-30(3,27)28)23-20(24-18)15-4-6-16(7-5-15)22-19(26)11-21-2/h4-7,10,14,21H,8-9,11-13H2,1-3H3,(H,22,26)/t14-/m0/s1. The molecule has 10 heteroatoms. The zero-order valence-electron chi connectivity index (χ0n) is 17.4. The first-order valence-electron chi connectivity index (χ1n) is 9.70. The molecule has 3 rings (SSSR count). The van der Waals surface area contributed by atoms with E-state index in [-0.39, 0.29) is 24.2 Å². The van der Waals surface area contributed by atoms with Crippen LogP contribution in [0.1, 0.15) is 12.6 Å². The molecule has 1 aromatic carbocycles. The molecule has 1 aliphatic rings. The predicted octanol–water partition coefficient (Wildman–Crippen LogP) is 1.07. The molecule has 1 fully saturated rings. The number of amides is 1. The van der Waals surface area contributed by atoms with Gasteiger partial charge in [-0.15, -0.1) is 0 Å². The number of ether oxygens (including phenoxy) is 1. The molecule has 1 aliphatic heterocycles. The van der Waals surface area contributed by atoms with Crippen molar-refractivity contribution in [3.8, 4) is 11.4 Å². The lowest BCUT2D eigenvalue weighted by Crippen LogP contribution is -2.44. The van der Waals surface area contributed by atoms with E-state index in [1.165, 1.54) is 6.26 Å². The second kappa shape index (κ2) is 9.50. The molecule has 1 saturated heterocycles. The zero-order valence-corrected chi connectivity index (χ0v) is 18.2. The van der Waals surface area contributed by atoms with Gasteiger partial charge < -0.3 is 20.3 Å². The third-order valence-electron chi connectivity index (χ3n) is 4.60. The molecule has 0 bridgehead atoms. The van der Waals surface area contributed by atoms with E-state index in [1.54, 1.807) is 37.4 Å². The van der Waals surface area contributed by atoms with Crippen LogP contribution in [0.3, 0.4) is 0 Å². The SMILES string of the molecule is CNCC(=O)Nc1ccc(-c2nc(CS(C)(=O)=O)cc(N3CCOC[C@@H]3C)n2)cc1. The Morgan fingerprint density at radius 2 is 2.00 bits per heavy atom. The number of carbonyl (C=O) groups is 1. The van der Waals surface area contributed by atoms with Gasteiger partial charge in [-0.05, 0) is 38.2 Å². The van der Waals surface area contributed by atoms with Gasteiger partial charge in [0.25, 0.3) is 0 Å². The van der Waals surface area contributed by atoms with Crippen LogP contribution in [0.4, 0.5) is 11.5 Å².